The monoisotopic (exact) mass is 266 g/mol. The average Bonchev–Trinajstić information content (AvgIpc) is 2.20. The van der Waals surface area contributed by atoms with Crippen molar-refractivity contribution in [3.05, 3.63) is 39.6 Å². The molecule has 0 atom stereocenters. The first kappa shape index (κ1) is 9.45. The van der Waals surface area contributed by atoms with Crippen LogP contribution in [0.15, 0.2) is 28.9 Å². The van der Waals surface area contributed by atoms with Crippen molar-refractivity contribution in [1.82, 2.24) is 4.98 Å². The van der Waals surface area contributed by atoms with Gasteiger partial charge in [-0.05, 0) is 22.0 Å². The highest BCUT2D eigenvalue weighted by molar-refractivity contribution is 9.10. The van der Waals surface area contributed by atoms with Crippen molar-refractivity contribution in [3.8, 4) is 6.07 Å². The normalized spacial score (nSPS) is 10.1. The Morgan fingerprint density at radius 1 is 1.43 bits per heavy atom. The molecule has 0 aliphatic heterocycles. The fourth-order valence-corrected chi connectivity index (χ4v) is 2.00. The Bertz CT molecular complexity index is 546. The van der Waals surface area contributed by atoms with Gasteiger partial charge in [-0.2, -0.15) is 5.26 Å². The zero-order chi connectivity index (χ0) is 10.1. The van der Waals surface area contributed by atoms with E-state index in [0.29, 0.717) is 16.1 Å². The summed E-state index contributed by atoms with van der Waals surface area (Å²) in [6, 6.07) is 7.51. The minimum absolute atomic E-state index is 0.355. The van der Waals surface area contributed by atoms with Gasteiger partial charge in [-0.15, -0.1) is 0 Å². The molecule has 1 aromatic carbocycles. The first-order chi connectivity index (χ1) is 6.74. The fraction of sp³-hybridized carbons (Fsp3) is 0. The quantitative estimate of drug-likeness (QED) is 0.732. The van der Waals surface area contributed by atoms with Gasteiger partial charge in [-0.25, -0.2) is 4.98 Å². The van der Waals surface area contributed by atoms with E-state index in [1.165, 1.54) is 0 Å². The lowest BCUT2D eigenvalue weighted by Crippen LogP contribution is -1.86. The highest BCUT2D eigenvalue weighted by Gasteiger charge is 2.08. The van der Waals surface area contributed by atoms with E-state index in [1.54, 1.807) is 12.3 Å². The Morgan fingerprint density at radius 2 is 2.21 bits per heavy atom. The molecule has 0 radical (unpaired) electrons. The maximum atomic E-state index is 8.86. The van der Waals surface area contributed by atoms with Crippen LogP contribution in [0.1, 0.15) is 5.69 Å². The summed E-state index contributed by atoms with van der Waals surface area (Å²) in [6.07, 6.45) is 1.61. The molecular weight excluding hydrogens is 263 g/mol. The van der Waals surface area contributed by atoms with Crippen molar-refractivity contribution < 1.29 is 0 Å². The Hall–Kier alpha value is -1.11. The molecule has 14 heavy (non-hydrogen) atoms. The van der Waals surface area contributed by atoms with E-state index < -0.39 is 0 Å². The molecule has 0 unspecified atom stereocenters. The summed E-state index contributed by atoms with van der Waals surface area (Å²) in [5, 5.41) is 11.0. The molecule has 4 heteroatoms. The molecular formula is C10H4BrClN2. The number of nitrogens with zero attached hydrogens (tertiary/aromatic N) is 2. The number of hydrogen-bond acceptors (Lipinski definition) is 2. The molecule has 2 aromatic rings. The first-order valence-corrected chi connectivity index (χ1v) is 5.04. The molecule has 1 aromatic heterocycles. The number of benzene rings is 1. The molecule has 0 aliphatic rings. The van der Waals surface area contributed by atoms with E-state index in [0.717, 1.165) is 9.86 Å². The third kappa shape index (κ3) is 1.37. The maximum Gasteiger partial charge on any atom is 0.149 e. The molecule has 2 nitrogen and oxygen atoms in total. The molecule has 1 heterocycles. The highest BCUT2D eigenvalue weighted by Crippen LogP contribution is 2.30. The van der Waals surface area contributed by atoms with E-state index in [4.69, 9.17) is 16.9 Å². The van der Waals surface area contributed by atoms with Gasteiger partial charge in [0.1, 0.15) is 11.8 Å². The van der Waals surface area contributed by atoms with Crippen LogP contribution in [0.2, 0.25) is 5.02 Å². The first-order valence-electron chi connectivity index (χ1n) is 3.87. The minimum atomic E-state index is 0.355. The Kier molecular flexibility index (Phi) is 2.40. The van der Waals surface area contributed by atoms with Crippen molar-refractivity contribution in [2.45, 2.75) is 0 Å². The molecule has 0 spiro atoms. The molecule has 0 saturated heterocycles. The highest BCUT2D eigenvalue weighted by atomic mass is 79.9. The van der Waals surface area contributed by atoms with Gasteiger partial charge in [-0.1, -0.05) is 23.7 Å². The van der Waals surface area contributed by atoms with E-state index in [1.807, 2.05) is 18.2 Å². The van der Waals surface area contributed by atoms with E-state index in [-0.39, 0.29) is 0 Å². The zero-order valence-corrected chi connectivity index (χ0v) is 9.30. The summed E-state index contributed by atoms with van der Waals surface area (Å²) in [5.74, 6) is 0. The van der Waals surface area contributed by atoms with Crippen molar-refractivity contribution in [1.29, 1.82) is 5.26 Å². The average molecular weight is 268 g/mol. The van der Waals surface area contributed by atoms with Gasteiger partial charge in [0.15, 0.2) is 0 Å². The van der Waals surface area contributed by atoms with Crippen LogP contribution in [0.3, 0.4) is 0 Å². The molecule has 68 valence electrons. The topological polar surface area (TPSA) is 36.7 Å². The van der Waals surface area contributed by atoms with Crippen molar-refractivity contribution in [3.63, 3.8) is 0 Å². The second-order valence-corrected chi connectivity index (χ2v) is 3.99. The van der Waals surface area contributed by atoms with Crippen LogP contribution in [0, 0.1) is 11.3 Å². The maximum absolute atomic E-state index is 8.86. The van der Waals surface area contributed by atoms with E-state index in [2.05, 4.69) is 20.9 Å². The number of nitriles is 1. The van der Waals surface area contributed by atoms with Crippen LogP contribution in [-0.2, 0) is 0 Å². The van der Waals surface area contributed by atoms with Gasteiger partial charge in [0.2, 0.25) is 0 Å². The van der Waals surface area contributed by atoms with Crippen LogP contribution < -0.4 is 0 Å². The molecule has 0 amide bonds. The number of halogens is 2. The standard InChI is InChI=1S/C10H4BrClN2/c11-7-5-14-9(4-13)10-6(7)2-1-3-8(10)12/h1-3,5H. The SMILES string of the molecule is N#Cc1ncc(Br)c2cccc(Cl)c12. The molecule has 2 rings (SSSR count). The second kappa shape index (κ2) is 3.56. The smallest absolute Gasteiger partial charge is 0.149 e. The minimum Gasteiger partial charge on any atom is -0.244 e. The summed E-state index contributed by atoms with van der Waals surface area (Å²) in [7, 11) is 0. The zero-order valence-electron chi connectivity index (χ0n) is 6.96. The van der Waals surface area contributed by atoms with Crippen molar-refractivity contribution in [2.24, 2.45) is 0 Å². The van der Waals surface area contributed by atoms with Gasteiger partial charge < -0.3 is 0 Å². The Balaban J connectivity index is 3.01. The summed E-state index contributed by atoms with van der Waals surface area (Å²) in [4.78, 5) is 3.99. The van der Waals surface area contributed by atoms with Crippen LogP contribution in [0.5, 0.6) is 0 Å². The Morgan fingerprint density at radius 3 is 2.93 bits per heavy atom. The van der Waals surface area contributed by atoms with Gasteiger partial charge >= 0.3 is 0 Å². The van der Waals surface area contributed by atoms with Crippen LogP contribution >= 0.6 is 27.5 Å². The van der Waals surface area contributed by atoms with Gasteiger partial charge in [0.05, 0.1) is 5.02 Å². The van der Waals surface area contributed by atoms with Crippen LogP contribution in [0.4, 0.5) is 0 Å². The van der Waals surface area contributed by atoms with Crippen molar-refractivity contribution in [2.75, 3.05) is 0 Å². The third-order valence-corrected chi connectivity index (χ3v) is 2.87. The summed E-state index contributed by atoms with van der Waals surface area (Å²) in [5.41, 5.74) is 0.355. The van der Waals surface area contributed by atoms with Gasteiger partial charge in [-0.3, -0.25) is 0 Å². The molecule has 0 saturated carbocycles. The van der Waals surface area contributed by atoms with E-state index >= 15 is 0 Å². The third-order valence-electron chi connectivity index (χ3n) is 1.92. The predicted octanol–water partition coefficient (Wildman–Crippen LogP) is 3.52. The summed E-state index contributed by atoms with van der Waals surface area (Å²) in [6.45, 7) is 0. The largest absolute Gasteiger partial charge is 0.244 e. The summed E-state index contributed by atoms with van der Waals surface area (Å²) >= 11 is 9.36. The number of aromatic nitrogens is 1. The van der Waals surface area contributed by atoms with Crippen LogP contribution in [-0.4, -0.2) is 4.98 Å². The Labute approximate surface area is 94.3 Å². The molecule has 0 N–H and O–H groups in total. The number of fused-ring (bicyclic) bond motifs is 1. The predicted molar refractivity (Wildman–Crippen MR) is 59.2 cm³/mol. The molecule has 0 bridgehead atoms. The molecule has 0 aliphatic carbocycles. The lowest BCUT2D eigenvalue weighted by atomic mass is 10.1. The summed E-state index contributed by atoms with van der Waals surface area (Å²) < 4.78 is 0.842. The van der Waals surface area contributed by atoms with Gasteiger partial charge in [0.25, 0.3) is 0 Å². The van der Waals surface area contributed by atoms with Crippen LogP contribution in [0.25, 0.3) is 10.8 Å². The fourth-order valence-electron chi connectivity index (χ4n) is 1.30. The van der Waals surface area contributed by atoms with E-state index in [9.17, 15) is 0 Å². The number of rotatable bonds is 0. The molecule has 0 fully saturated rings. The second-order valence-electron chi connectivity index (χ2n) is 2.73. The number of hydrogen-bond donors (Lipinski definition) is 0. The lowest BCUT2D eigenvalue weighted by Gasteiger charge is -2.03. The van der Waals surface area contributed by atoms with Gasteiger partial charge in [0, 0.05) is 21.4 Å². The number of pyridine rings is 1. The van der Waals surface area contributed by atoms with Crippen molar-refractivity contribution >= 4 is 38.3 Å². The lowest BCUT2D eigenvalue weighted by molar-refractivity contribution is 1.28.